The van der Waals surface area contributed by atoms with Gasteiger partial charge in [-0.2, -0.15) is 4.89 Å². The Morgan fingerprint density at radius 3 is 2.75 bits per heavy atom. The quantitative estimate of drug-likeness (QED) is 0.351. The Kier molecular flexibility index (Phi) is 5.11. The summed E-state index contributed by atoms with van der Waals surface area (Å²) in [6.45, 7) is 1.10. The summed E-state index contributed by atoms with van der Waals surface area (Å²) in [7, 11) is -2.03. The summed E-state index contributed by atoms with van der Waals surface area (Å²) in [5.41, 5.74) is 5.08. The van der Waals surface area contributed by atoms with Gasteiger partial charge < -0.3 is 5.73 Å². The highest BCUT2D eigenvalue weighted by Crippen LogP contribution is 2.07. The topological polar surface area (TPSA) is 75.3 Å². The maximum Gasteiger partial charge on any atom is 0.521 e. The lowest BCUT2D eigenvalue weighted by molar-refractivity contribution is 0.497. The maximum absolute atomic E-state index is 9.92. The third-order valence-corrected chi connectivity index (χ3v) is 1.06. The predicted molar refractivity (Wildman–Crippen MR) is 31.7 cm³/mol. The van der Waals surface area contributed by atoms with Gasteiger partial charge in [-0.3, -0.25) is 5.32 Å². The van der Waals surface area contributed by atoms with Gasteiger partial charge in [0.1, 0.15) is 0 Å². The fourth-order valence-electron chi connectivity index (χ4n) is 0.277. The summed E-state index contributed by atoms with van der Waals surface area (Å²) in [6.07, 6.45) is 0.145. The first-order valence-electron chi connectivity index (χ1n) is 2.31. The van der Waals surface area contributed by atoms with E-state index in [2.05, 4.69) is 5.32 Å². The number of nitrogens with two attached hydrogens (primary N) is 1. The molecule has 0 amide bonds. The number of rotatable bonds is 4. The SMILES string of the molecule is NCCNC[P+](=O)O. The van der Waals surface area contributed by atoms with E-state index in [4.69, 9.17) is 10.6 Å². The Morgan fingerprint density at radius 1 is 1.75 bits per heavy atom. The zero-order valence-corrected chi connectivity index (χ0v) is 5.40. The molecule has 0 aromatic rings. The Balaban J connectivity index is 2.82. The van der Waals surface area contributed by atoms with E-state index in [-0.39, 0.29) is 6.29 Å². The van der Waals surface area contributed by atoms with Crippen LogP contribution in [0.1, 0.15) is 0 Å². The minimum atomic E-state index is -2.03. The summed E-state index contributed by atoms with van der Waals surface area (Å²) in [6, 6.07) is 0. The highest BCUT2D eigenvalue weighted by molar-refractivity contribution is 7.37. The van der Waals surface area contributed by atoms with Crippen molar-refractivity contribution in [3.63, 3.8) is 0 Å². The molecule has 0 saturated carbocycles. The van der Waals surface area contributed by atoms with Crippen LogP contribution in [0.2, 0.25) is 0 Å². The average molecular weight is 137 g/mol. The van der Waals surface area contributed by atoms with E-state index >= 15 is 0 Å². The highest BCUT2D eigenvalue weighted by Gasteiger charge is 2.05. The average Bonchev–Trinajstić information content (AvgIpc) is 1.66. The van der Waals surface area contributed by atoms with Crippen molar-refractivity contribution in [3.05, 3.63) is 0 Å². The van der Waals surface area contributed by atoms with E-state index in [9.17, 15) is 4.57 Å². The number of nitrogens with one attached hydrogen (secondary N) is 1. The summed E-state index contributed by atoms with van der Waals surface area (Å²) in [5, 5.41) is 2.68. The molecule has 0 bridgehead atoms. The van der Waals surface area contributed by atoms with Crippen LogP contribution in [0.5, 0.6) is 0 Å². The van der Waals surface area contributed by atoms with Gasteiger partial charge in [-0.1, -0.05) is 0 Å². The Morgan fingerprint density at radius 2 is 2.38 bits per heavy atom. The second kappa shape index (κ2) is 5.12. The molecule has 5 heteroatoms. The second-order valence-corrected chi connectivity index (χ2v) is 2.32. The summed E-state index contributed by atoms with van der Waals surface area (Å²) in [4.78, 5) is 8.18. The van der Waals surface area contributed by atoms with Crippen molar-refractivity contribution in [1.82, 2.24) is 5.32 Å². The van der Waals surface area contributed by atoms with Crippen molar-refractivity contribution in [2.45, 2.75) is 0 Å². The van der Waals surface area contributed by atoms with Crippen LogP contribution in [-0.4, -0.2) is 24.3 Å². The molecule has 0 aromatic carbocycles. The third-order valence-electron chi connectivity index (χ3n) is 0.568. The fourth-order valence-corrected chi connectivity index (χ4v) is 0.626. The van der Waals surface area contributed by atoms with Crippen molar-refractivity contribution in [2.75, 3.05) is 19.4 Å². The molecule has 0 spiro atoms. The molecule has 0 heterocycles. The molecule has 0 saturated heterocycles. The lowest BCUT2D eigenvalue weighted by Crippen LogP contribution is -2.21. The van der Waals surface area contributed by atoms with Gasteiger partial charge in [-0.25, -0.2) is 0 Å². The molecule has 0 aromatic heterocycles. The lowest BCUT2D eigenvalue weighted by atomic mass is 10.7. The van der Waals surface area contributed by atoms with E-state index in [1.54, 1.807) is 0 Å². The first kappa shape index (κ1) is 7.98. The van der Waals surface area contributed by atoms with Crippen LogP contribution in [0.4, 0.5) is 0 Å². The van der Waals surface area contributed by atoms with Gasteiger partial charge >= 0.3 is 8.03 Å². The van der Waals surface area contributed by atoms with Gasteiger partial charge in [0.2, 0.25) is 6.29 Å². The maximum atomic E-state index is 9.92. The second-order valence-electron chi connectivity index (χ2n) is 1.30. The Labute approximate surface area is 48.9 Å². The largest absolute Gasteiger partial charge is 0.521 e. The van der Waals surface area contributed by atoms with Gasteiger partial charge in [0.25, 0.3) is 0 Å². The molecule has 1 atom stereocenters. The highest BCUT2D eigenvalue weighted by atomic mass is 31.1. The monoisotopic (exact) mass is 137 g/mol. The molecule has 1 unspecified atom stereocenters. The third kappa shape index (κ3) is 5.98. The summed E-state index contributed by atoms with van der Waals surface area (Å²) < 4.78 is 9.92. The van der Waals surface area contributed by atoms with Crippen LogP contribution in [0.3, 0.4) is 0 Å². The van der Waals surface area contributed by atoms with E-state index in [1.165, 1.54) is 0 Å². The van der Waals surface area contributed by atoms with Crippen LogP contribution >= 0.6 is 8.03 Å². The number of hydrogen-bond donors (Lipinski definition) is 3. The van der Waals surface area contributed by atoms with Crippen molar-refractivity contribution in [1.29, 1.82) is 0 Å². The van der Waals surface area contributed by atoms with Crippen LogP contribution in [0.15, 0.2) is 0 Å². The van der Waals surface area contributed by atoms with Crippen molar-refractivity contribution < 1.29 is 9.46 Å². The Bertz CT molecular complexity index is 77.7. The van der Waals surface area contributed by atoms with Gasteiger partial charge in [0.15, 0.2) is 0 Å². The molecule has 8 heavy (non-hydrogen) atoms. The minimum Gasteiger partial charge on any atom is -0.329 e. The molecule has 0 aliphatic heterocycles. The molecule has 0 radical (unpaired) electrons. The van der Waals surface area contributed by atoms with Crippen molar-refractivity contribution in [2.24, 2.45) is 5.73 Å². The molecule has 48 valence electrons. The van der Waals surface area contributed by atoms with E-state index in [1.807, 2.05) is 0 Å². The minimum absolute atomic E-state index is 0.145. The van der Waals surface area contributed by atoms with E-state index in [0.717, 1.165) is 0 Å². The summed E-state index contributed by atoms with van der Waals surface area (Å²) >= 11 is 0. The van der Waals surface area contributed by atoms with Gasteiger partial charge in [-0.15, -0.1) is 0 Å². The molecule has 4 nitrogen and oxygen atoms in total. The standard InChI is InChI=1S/C3H9N2O2P/c4-1-2-5-3-8(6)7/h5H,1-4H2/p+1. The molecule has 0 aliphatic carbocycles. The molecular formula is C3H10N2O2P+. The normalized spacial score (nSPS) is 11.5. The van der Waals surface area contributed by atoms with Gasteiger partial charge in [-0.05, 0) is 4.57 Å². The zero-order chi connectivity index (χ0) is 6.41. The molecular weight excluding hydrogens is 127 g/mol. The van der Waals surface area contributed by atoms with Crippen molar-refractivity contribution in [3.8, 4) is 0 Å². The van der Waals surface area contributed by atoms with Crippen molar-refractivity contribution >= 4 is 8.03 Å². The first-order valence-corrected chi connectivity index (χ1v) is 3.71. The summed E-state index contributed by atoms with van der Waals surface area (Å²) in [5.74, 6) is 0. The first-order chi connectivity index (χ1) is 3.77. The van der Waals surface area contributed by atoms with E-state index in [0.29, 0.717) is 13.1 Å². The van der Waals surface area contributed by atoms with Crippen LogP contribution in [0, 0.1) is 0 Å². The lowest BCUT2D eigenvalue weighted by Gasteiger charge is -1.88. The smallest absolute Gasteiger partial charge is 0.329 e. The fraction of sp³-hybridized carbons (Fsp3) is 1.00. The van der Waals surface area contributed by atoms with Gasteiger partial charge in [0, 0.05) is 13.1 Å². The predicted octanol–water partition coefficient (Wildman–Crippen LogP) is -0.773. The molecule has 0 aliphatic rings. The van der Waals surface area contributed by atoms with Crippen LogP contribution in [-0.2, 0) is 4.57 Å². The van der Waals surface area contributed by atoms with Crippen LogP contribution < -0.4 is 11.1 Å². The molecule has 0 fully saturated rings. The molecule has 0 rings (SSSR count). The van der Waals surface area contributed by atoms with Crippen LogP contribution in [0.25, 0.3) is 0 Å². The molecule has 4 N–H and O–H groups in total. The van der Waals surface area contributed by atoms with Gasteiger partial charge in [0.05, 0.1) is 0 Å². The zero-order valence-electron chi connectivity index (χ0n) is 4.50. The number of hydrogen-bond acceptors (Lipinski definition) is 3. The van der Waals surface area contributed by atoms with E-state index < -0.39 is 8.03 Å². The Hall–Kier alpha value is -0.0200.